The normalized spacial score (nSPS) is 14.2. The van der Waals surface area contributed by atoms with Crippen LogP contribution in [0.3, 0.4) is 0 Å². The number of sulfonamides is 1. The van der Waals surface area contributed by atoms with Crippen LogP contribution < -0.4 is 10.0 Å². The molecule has 3 aromatic rings. The summed E-state index contributed by atoms with van der Waals surface area (Å²) in [5, 5.41) is 3.72. The first-order valence-electron chi connectivity index (χ1n) is 9.18. The van der Waals surface area contributed by atoms with Crippen LogP contribution in [-0.4, -0.2) is 26.4 Å². The molecule has 4 rings (SSSR count). The number of nitrogens with one attached hydrogen (secondary N) is 2. The summed E-state index contributed by atoms with van der Waals surface area (Å²) in [5.74, 6) is 0.252. The van der Waals surface area contributed by atoms with E-state index >= 15 is 0 Å². The van der Waals surface area contributed by atoms with E-state index < -0.39 is 10.0 Å². The molecule has 1 aliphatic carbocycles. The zero-order valence-corrected chi connectivity index (χ0v) is 16.3. The quantitative estimate of drug-likeness (QED) is 0.672. The van der Waals surface area contributed by atoms with Crippen molar-refractivity contribution in [2.75, 3.05) is 7.05 Å². The molecule has 28 heavy (non-hydrogen) atoms. The highest BCUT2D eigenvalue weighted by atomic mass is 32.2. The van der Waals surface area contributed by atoms with Gasteiger partial charge in [-0.05, 0) is 49.7 Å². The topological polar surface area (TPSA) is 88.2 Å². The number of benzene rings is 2. The maximum Gasteiger partial charge on any atom is 0.252 e. The van der Waals surface area contributed by atoms with E-state index in [1.807, 2.05) is 30.3 Å². The van der Waals surface area contributed by atoms with Crippen LogP contribution >= 0.6 is 0 Å². The average molecular weight is 395 g/mol. The number of nitrogens with zero attached hydrogens (tertiary/aromatic N) is 1. The first-order valence-corrected chi connectivity index (χ1v) is 10.7. The molecule has 0 spiro atoms. The lowest BCUT2D eigenvalue weighted by atomic mass is 10.1. The van der Waals surface area contributed by atoms with Gasteiger partial charge in [0, 0.05) is 23.5 Å². The fraction of sp³-hybridized carbons (Fsp3) is 0.238. The summed E-state index contributed by atoms with van der Waals surface area (Å²) in [4.78, 5) is 17.8. The van der Waals surface area contributed by atoms with Gasteiger partial charge >= 0.3 is 0 Å². The van der Waals surface area contributed by atoms with Crippen LogP contribution in [0, 0.1) is 0 Å². The lowest BCUT2D eigenvalue weighted by Gasteiger charge is -2.11. The summed E-state index contributed by atoms with van der Waals surface area (Å²) in [6.45, 7) is 0.237. The van der Waals surface area contributed by atoms with Crippen molar-refractivity contribution in [3.05, 3.63) is 71.4 Å². The molecule has 0 unspecified atom stereocenters. The van der Waals surface area contributed by atoms with E-state index in [-0.39, 0.29) is 17.3 Å². The molecule has 1 aliphatic rings. The van der Waals surface area contributed by atoms with Crippen molar-refractivity contribution in [2.24, 2.45) is 0 Å². The minimum atomic E-state index is -3.52. The summed E-state index contributed by atoms with van der Waals surface area (Å²) < 4.78 is 26.2. The summed E-state index contributed by atoms with van der Waals surface area (Å²) in [6.07, 6.45) is 2.22. The van der Waals surface area contributed by atoms with Gasteiger partial charge in [-0.25, -0.2) is 13.1 Å². The summed E-state index contributed by atoms with van der Waals surface area (Å²) in [5.41, 5.74) is 3.10. The van der Waals surface area contributed by atoms with Gasteiger partial charge in [-0.1, -0.05) is 30.3 Å². The Labute approximate surface area is 164 Å². The number of amides is 1. The Balaban J connectivity index is 1.59. The summed E-state index contributed by atoms with van der Waals surface area (Å²) in [6, 6.07) is 16.1. The van der Waals surface area contributed by atoms with Crippen molar-refractivity contribution >= 4 is 26.8 Å². The van der Waals surface area contributed by atoms with Crippen LogP contribution in [0.4, 0.5) is 0 Å². The van der Waals surface area contributed by atoms with Crippen LogP contribution in [0.25, 0.3) is 10.9 Å². The highest BCUT2D eigenvalue weighted by molar-refractivity contribution is 7.89. The number of fused-ring (bicyclic) bond motifs is 1. The van der Waals surface area contributed by atoms with Gasteiger partial charge in [0.15, 0.2) is 0 Å². The third-order valence-corrected chi connectivity index (χ3v) is 6.32. The lowest BCUT2D eigenvalue weighted by Crippen LogP contribution is -2.24. The van der Waals surface area contributed by atoms with Gasteiger partial charge in [-0.15, -0.1) is 0 Å². The molecule has 0 aliphatic heterocycles. The first kappa shape index (κ1) is 18.6. The molecule has 0 atom stereocenters. The Hall–Kier alpha value is -2.77. The van der Waals surface area contributed by atoms with Crippen LogP contribution in [0.1, 0.15) is 40.4 Å². The molecule has 7 heteroatoms. The highest BCUT2D eigenvalue weighted by Gasteiger charge is 2.26. The molecule has 2 aromatic carbocycles. The van der Waals surface area contributed by atoms with E-state index in [2.05, 4.69) is 10.0 Å². The summed E-state index contributed by atoms with van der Waals surface area (Å²) in [7, 11) is -2.15. The van der Waals surface area contributed by atoms with E-state index in [1.165, 1.54) is 13.1 Å². The zero-order valence-electron chi connectivity index (χ0n) is 15.5. The van der Waals surface area contributed by atoms with Gasteiger partial charge < -0.3 is 5.32 Å². The Bertz CT molecular complexity index is 1150. The largest absolute Gasteiger partial charge is 0.348 e. The van der Waals surface area contributed by atoms with E-state index in [9.17, 15) is 13.2 Å². The number of para-hydroxylation sites is 1. The standard InChI is InChI=1S/C21H21N3O3S/c1-22-28(26,27)16-6-4-5-14(11-16)13-23-21(25)18-12-20(15-9-10-15)24-19-8-3-2-7-17(18)19/h2-8,11-12,15,22H,9-10,13H2,1H3,(H,23,25). The molecule has 0 saturated heterocycles. The van der Waals surface area contributed by atoms with Gasteiger partial charge in [-0.2, -0.15) is 0 Å². The second-order valence-electron chi connectivity index (χ2n) is 6.92. The molecule has 1 saturated carbocycles. The van der Waals surface area contributed by atoms with Gasteiger partial charge in [0.1, 0.15) is 0 Å². The van der Waals surface area contributed by atoms with Gasteiger partial charge in [0.05, 0.1) is 16.0 Å². The van der Waals surface area contributed by atoms with Crippen molar-refractivity contribution in [3.63, 3.8) is 0 Å². The third-order valence-electron chi connectivity index (χ3n) is 4.91. The van der Waals surface area contributed by atoms with Crippen molar-refractivity contribution in [3.8, 4) is 0 Å². The summed E-state index contributed by atoms with van der Waals surface area (Å²) >= 11 is 0. The van der Waals surface area contributed by atoms with Gasteiger partial charge in [0.2, 0.25) is 10.0 Å². The minimum Gasteiger partial charge on any atom is -0.348 e. The Kier molecular flexibility index (Phi) is 4.87. The number of hydrogen-bond acceptors (Lipinski definition) is 4. The fourth-order valence-electron chi connectivity index (χ4n) is 3.19. The van der Waals surface area contributed by atoms with E-state index in [1.54, 1.807) is 18.2 Å². The van der Waals surface area contributed by atoms with Crippen LogP contribution in [-0.2, 0) is 16.6 Å². The number of carbonyl (C=O) groups excluding carboxylic acids is 1. The van der Waals surface area contributed by atoms with Crippen molar-refractivity contribution < 1.29 is 13.2 Å². The van der Waals surface area contributed by atoms with Crippen LogP contribution in [0.5, 0.6) is 0 Å². The lowest BCUT2D eigenvalue weighted by molar-refractivity contribution is 0.0952. The second kappa shape index (κ2) is 7.33. The third kappa shape index (κ3) is 3.76. The number of pyridine rings is 1. The predicted octanol–water partition coefficient (Wildman–Crippen LogP) is 2.95. The van der Waals surface area contributed by atoms with Crippen molar-refractivity contribution in [2.45, 2.75) is 30.2 Å². The molecule has 6 nitrogen and oxygen atoms in total. The van der Waals surface area contributed by atoms with Crippen molar-refractivity contribution in [1.29, 1.82) is 0 Å². The molecule has 1 fully saturated rings. The predicted molar refractivity (Wildman–Crippen MR) is 108 cm³/mol. The Morgan fingerprint density at radius 2 is 1.89 bits per heavy atom. The van der Waals surface area contributed by atoms with Crippen molar-refractivity contribution in [1.82, 2.24) is 15.0 Å². The molecule has 1 amide bonds. The fourth-order valence-corrected chi connectivity index (χ4v) is 3.99. The Morgan fingerprint density at radius 3 is 2.64 bits per heavy atom. The molecular formula is C21H21N3O3S. The van der Waals surface area contributed by atoms with Crippen LogP contribution in [0.2, 0.25) is 0 Å². The highest BCUT2D eigenvalue weighted by Crippen LogP contribution is 2.40. The molecule has 0 bridgehead atoms. The molecule has 1 aromatic heterocycles. The SMILES string of the molecule is CNS(=O)(=O)c1cccc(CNC(=O)c2cc(C3CC3)nc3ccccc23)c1. The first-order chi connectivity index (χ1) is 13.5. The zero-order chi connectivity index (χ0) is 19.7. The van der Waals surface area contributed by atoms with Gasteiger partial charge in [0.25, 0.3) is 5.91 Å². The molecular weight excluding hydrogens is 374 g/mol. The Morgan fingerprint density at radius 1 is 1.11 bits per heavy atom. The van der Waals surface area contributed by atoms with E-state index in [4.69, 9.17) is 4.98 Å². The molecule has 0 radical (unpaired) electrons. The number of aromatic nitrogens is 1. The number of rotatable bonds is 6. The van der Waals surface area contributed by atoms with E-state index in [0.717, 1.165) is 29.4 Å². The molecule has 144 valence electrons. The van der Waals surface area contributed by atoms with Crippen LogP contribution in [0.15, 0.2) is 59.5 Å². The second-order valence-corrected chi connectivity index (χ2v) is 8.81. The monoisotopic (exact) mass is 395 g/mol. The molecule has 2 N–H and O–H groups in total. The smallest absolute Gasteiger partial charge is 0.252 e. The number of hydrogen-bond donors (Lipinski definition) is 2. The number of carbonyl (C=O) groups is 1. The minimum absolute atomic E-state index is 0.173. The molecule has 1 heterocycles. The maximum atomic E-state index is 12.9. The average Bonchev–Trinajstić information content (AvgIpc) is 3.57. The van der Waals surface area contributed by atoms with E-state index in [0.29, 0.717) is 17.0 Å². The van der Waals surface area contributed by atoms with Gasteiger partial charge in [-0.3, -0.25) is 9.78 Å². The maximum absolute atomic E-state index is 12.9.